The number of rotatable bonds is 5. The van der Waals surface area contributed by atoms with Crippen molar-refractivity contribution in [3.8, 4) is 0 Å². The van der Waals surface area contributed by atoms with Crippen LogP contribution >= 0.6 is 0 Å². The van der Waals surface area contributed by atoms with E-state index in [9.17, 15) is 9.59 Å². The number of carbonyl (C=O) groups excluding carboxylic acids is 2. The number of para-hydroxylation sites is 1. The number of ether oxygens (including phenoxy) is 1. The summed E-state index contributed by atoms with van der Waals surface area (Å²) in [6, 6.07) is 8.32. The van der Waals surface area contributed by atoms with Crippen LogP contribution < -0.4 is 0 Å². The van der Waals surface area contributed by atoms with Gasteiger partial charge in [-0.2, -0.15) is 0 Å². The summed E-state index contributed by atoms with van der Waals surface area (Å²) in [4.78, 5) is 30.1. The average Bonchev–Trinajstić information content (AvgIpc) is 3.15. The summed E-state index contributed by atoms with van der Waals surface area (Å²) in [5.41, 5.74) is 2.63. The summed E-state index contributed by atoms with van der Waals surface area (Å²) < 4.78 is 5.32. The molecule has 0 spiro atoms. The number of nitrogens with one attached hydrogen (secondary N) is 1. The van der Waals surface area contributed by atoms with Crippen LogP contribution in [0.2, 0.25) is 0 Å². The van der Waals surface area contributed by atoms with Crippen molar-refractivity contribution in [3.05, 3.63) is 36.0 Å². The maximum absolute atomic E-state index is 12.7. The highest BCUT2D eigenvalue weighted by atomic mass is 16.5. The molecule has 1 amide bonds. The number of hydrogen-bond acceptors (Lipinski definition) is 3. The van der Waals surface area contributed by atoms with Crippen LogP contribution in [0.1, 0.15) is 52.0 Å². The van der Waals surface area contributed by atoms with E-state index in [4.69, 9.17) is 4.74 Å². The summed E-state index contributed by atoms with van der Waals surface area (Å²) in [5, 5.41) is 1.13. The second-order valence-corrected chi connectivity index (χ2v) is 9.76. The Bertz CT molecular complexity index is 900. The molecule has 2 aromatic rings. The first-order valence-electron chi connectivity index (χ1n) is 10.2. The van der Waals surface area contributed by atoms with Gasteiger partial charge in [0.2, 0.25) is 0 Å². The minimum Gasteiger partial charge on any atom is -0.456 e. The molecule has 5 nitrogen and oxygen atoms in total. The minimum atomic E-state index is -0.313. The summed E-state index contributed by atoms with van der Waals surface area (Å²) in [6.45, 7) is 7.50. The van der Waals surface area contributed by atoms with Gasteiger partial charge in [0.15, 0.2) is 6.61 Å². The van der Waals surface area contributed by atoms with E-state index in [0.29, 0.717) is 6.42 Å². The van der Waals surface area contributed by atoms with E-state index in [1.807, 2.05) is 35.4 Å². The molecule has 5 heteroatoms. The van der Waals surface area contributed by atoms with E-state index in [2.05, 4.69) is 25.8 Å². The van der Waals surface area contributed by atoms with E-state index in [0.717, 1.165) is 42.3 Å². The Morgan fingerprint density at radius 3 is 2.82 bits per heavy atom. The van der Waals surface area contributed by atoms with Gasteiger partial charge in [-0.3, -0.25) is 9.59 Å². The Labute approximate surface area is 166 Å². The molecule has 1 aliphatic heterocycles. The molecule has 2 heterocycles. The van der Waals surface area contributed by atoms with Crippen molar-refractivity contribution in [2.45, 2.75) is 58.9 Å². The lowest BCUT2D eigenvalue weighted by Crippen LogP contribution is -2.39. The standard InChI is InChI=1S/C23H30N2O3/c1-22(2)10-17-11-23(3,14-22)15-25(17)20(26)13-28-21(27)9-8-16-12-24-19-7-5-4-6-18(16)19/h4-7,12,17,24H,8-11,13-15H2,1-3H3/t17-,23+/m0/s1. The van der Waals surface area contributed by atoms with Crippen molar-refractivity contribution in [1.29, 1.82) is 0 Å². The molecule has 1 aromatic heterocycles. The highest BCUT2D eigenvalue weighted by Crippen LogP contribution is 2.52. The van der Waals surface area contributed by atoms with Crippen LogP contribution in [0.3, 0.4) is 0 Å². The van der Waals surface area contributed by atoms with Crippen LogP contribution in [0.15, 0.2) is 30.5 Å². The number of hydrogen-bond donors (Lipinski definition) is 1. The molecular weight excluding hydrogens is 352 g/mol. The van der Waals surface area contributed by atoms with E-state index < -0.39 is 0 Å². The van der Waals surface area contributed by atoms with Crippen LogP contribution in [0, 0.1) is 10.8 Å². The van der Waals surface area contributed by atoms with Crippen molar-refractivity contribution in [3.63, 3.8) is 0 Å². The third-order valence-corrected chi connectivity index (χ3v) is 6.37. The number of amides is 1. The fraction of sp³-hybridized carbons (Fsp3) is 0.565. The molecule has 28 heavy (non-hydrogen) atoms. The lowest BCUT2D eigenvalue weighted by Gasteiger charge is -2.39. The molecule has 2 aliphatic rings. The minimum absolute atomic E-state index is 0.0492. The van der Waals surface area contributed by atoms with Crippen molar-refractivity contribution in [2.24, 2.45) is 10.8 Å². The first-order chi connectivity index (χ1) is 13.2. The van der Waals surface area contributed by atoms with Crippen LogP contribution in [0.25, 0.3) is 10.9 Å². The molecule has 150 valence electrons. The molecular formula is C23H30N2O3. The Kier molecular flexibility index (Phi) is 4.72. The lowest BCUT2D eigenvalue weighted by atomic mass is 9.65. The third-order valence-electron chi connectivity index (χ3n) is 6.37. The predicted octanol–water partition coefficient (Wildman–Crippen LogP) is 4.07. The Balaban J connectivity index is 1.29. The van der Waals surface area contributed by atoms with E-state index >= 15 is 0 Å². The van der Waals surface area contributed by atoms with Crippen molar-refractivity contribution < 1.29 is 14.3 Å². The lowest BCUT2D eigenvalue weighted by molar-refractivity contribution is -0.152. The number of esters is 1. The highest BCUT2D eigenvalue weighted by Gasteiger charge is 2.50. The fourth-order valence-corrected chi connectivity index (χ4v) is 5.62. The summed E-state index contributed by atoms with van der Waals surface area (Å²) in [5.74, 6) is -0.362. The summed E-state index contributed by atoms with van der Waals surface area (Å²) in [6.07, 6.45) is 6.07. The average molecular weight is 383 g/mol. The number of H-pyrrole nitrogens is 1. The highest BCUT2D eigenvalue weighted by molar-refractivity contribution is 5.84. The van der Waals surface area contributed by atoms with Gasteiger partial charge in [-0.25, -0.2) is 0 Å². The molecule has 1 saturated heterocycles. The first kappa shape index (κ1) is 19.0. The quantitative estimate of drug-likeness (QED) is 0.793. The largest absolute Gasteiger partial charge is 0.456 e. The van der Waals surface area contributed by atoms with Gasteiger partial charge < -0.3 is 14.6 Å². The van der Waals surface area contributed by atoms with Gasteiger partial charge in [-0.15, -0.1) is 0 Å². The number of carbonyl (C=O) groups is 2. The van der Waals surface area contributed by atoms with E-state index in [-0.39, 0.29) is 41.8 Å². The molecule has 4 rings (SSSR count). The first-order valence-corrected chi connectivity index (χ1v) is 10.2. The van der Waals surface area contributed by atoms with Gasteiger partial charge in [0.25, 0.3) is 5.91 Å². The fourth-order valence-electron chi connectivity index (χ4n) is 5.62. The Morgan fingerprint density at radius 1 is 1.21 bits per heavy atom. The molecule has 1 saturated carbocycles. The molecule has 2 atom stereocenters. The van der Waals surface area contributed by atoms with Gasteiger partial charge in [0.1, 0.15) is 0 Å². The molecule has 1 N–H and O–H groups in total. The van der Waals surface area contributed by atoms with Crippen LogP contribution in [0.4, 0.5) is 0 Å². The molecule has 2 bridgehead atoms. The number of aromatic amines is 1. The van der Waals surface area contributed by atoms with Crippen molar-refractivity contribution in [1.82, 2.24) is 9.88 Å². The normalized spacial score (nSPS) is 25.8. The molecule has 0 unspecified atom stereocenters. The maximum Gasteiger partial charge on any atom is 0.306 e. The number of fused-ring (bicyclic) bond motifs is 3. The van der Waals surface area contributed by atoms with Crippen LogP contribution in [-0.4, -0.2) is 41.0 Å². The summed E-state index contributed by atoms with van der Waals surface area (Å²) >= 11 is 0. The molecule has 0 radical (unpaired) electrons. The second kappa shape index (κ2) is 6.94. The zero-order valence-electron chi connectivity index (χ0n) is 17.1. The Morgan fingerprint density at radius 2 is 2.00 bits per heavy atom. The van der Waals surface area contributed by atoms with Gasteiger partial charge in [0.05, 0.1) is 0 Å². The smallest absolute Gasteiger partial charge is 0.306 e. The molecule has 1 aromatic carbocycles. The van der Waals surface area contributed by atoms with Crippen molar-refractivity contribution >= 4 is 22.8 Å². The number of likely N-dealkylation sites (tertiary alicyclic amines) is 1. The zero-order chi connectivity index (χ0) is 19.9. The van der Waals surface area contributed by atoms with Crippen molar-refractivity contribution in [2.75, 3.05) is 13.2 Å². The van der Waals surface area contributed by atoms with Gasteiger partial charge in [-0.05, 0) is 48.1 Å². The molecule has 2 fully saturated rings. The number of nitrogens with zero attached hydrogens (tertiary/aromatic N) is 1. The number of aryl methyl sites for hydroxylation is 1. The van der Waals surface area contributed by atoms with Gasteiger partial charge >= 0.3 is 5.97 Å². The number of benzene rings is 1. The molecule has 1 aliphatic carbocycles. The van der Waals surface area contributed by atoms with E-state index in [1.165, 1.54) is 0 Å². The second-order valence-electron chi connectivity index (χ2n) is 9.76. The number of aromatic nitrogens is 1. The van der Waals surface area contributed by atoms with Gasteiger partial charge in [0, 0.05) is 36.1 Å². The maximum atomic E-state index is 12.7. The monoisotopic (exact) mass is 382 g/mol. The topological polar surface area (TPSA) is 62.4 Å². The zero-order valence-corrected chi connectivity index (χ0v) is 17.1. The predicted molar refractivity (Wildman–Crippen MR) is 109 cm³/mol. The SMILES string of the molecule is CC1(C)C[C@H]2C[C@@](C)(CN2C(=O)COC(=O)CCc2c[nH]c3ccccc23)C1. The van der Waals surface area contributed by atoms with E-state index in [1.54, 1.807) is 0 Å². The Hall–Kier alpha value is -2.30. The third kappa shape index (κ3) is 3.80. The van der Waals surface area contributed by atoms with Gasteiger partial charge in [-0.1, -0.05) is 39.0 Å². The van der Waals surface area contributed by atoms with Crippen LogP contribution in [-0.2, 0) is 20.7 Å². The van der Waals surface area contributed by atoms with Crippen LogP contribution in [0.5, 0.6) is 0 Å². The summed E-state index contributed by atoms with van der Waals surface area (Å²) in [7, 11) is 0.